The van der Waals surface area contributed by atoms with Crippen molar-refractivity contribution in [2.45, 2.75) is 5.92 Å². The van der Waals surface area contributed by atoms with Gasteiger partial charge in [-0.25, -0.2) is 9.59 Å². The summed E-state index contributed by atoms with van der Waals surface area (Å²) in [6.45, 7) is 0. The summed E-state index contributed by atoms with van der Waals surface area (Å²) >= 11 is 3.40. The van der Waals surface area contributed by atoms with Gasteiger partial charge in [-0.15, -0.1) is 0 Å². The minimum Gasteiger partial charge on any atom is -0.466 e. The number of benzene rings is 3. The van der Waals surface area contributed by atoms with Crippen LogP contribution in [0, 0.1) is 11.3 Å². The van der Waals surface area contributed by atoms with Gasteiger partial charge in [-0.2, -0.15) is 5.26 Å². The fraction of sp³-hybridized carbons (Fsp3) is 0.103. The van der Waals surface area contributed by atoms with Crippen molar-refractivity contribution in [2.24, 2.45) is 5.73 Å². The zero-order valence-corrected chi connectivity index (χ0v) is 22.1. The molecule has 3 aromatic rings. The molecule has 0 fully saturated rings. The molecule has 4 rings (SSSR count). The van der Waals surface area contributed by atoms with E-state index in [4.69, 9.17) is 15.2 Å². The second kappa shape index (κ2) is 11.2. The number of allylic oxidation sites excluding steroid dienone is 1. The molecule has 3 aromatic carbocycles. The van der Waals surface area contributed by atoms with Crippen LogP contribution in [0.4, 0.5) is 5.69 Å². The van der Waals surface area contributed by atoms with Gasteiger partial charge in [0.15, 0.2) is 5.78 Å². The van der Waals surface area contributed by atoms with Gasteiger partial charge in [0.25, 0.3) is 0 Å². The zero-order valence-electron chi connectivity index (χ0n) is 20.5. The molecule has 190 valence electrons. The molecule has 1 aliphatic rings. The summed E-state index contributed by atoms with van der Waals surface area (Å²) < 4.78 is 10.7. The lowest BCUT2D eigenvalue weighted by atomic mass is 9.80. The fourth-order valence-corrected chi connectivity index (χ4v) is 4.75. The van der Waals surface area contributed by atoms with E-state index < -0.39 is 17.9 Å². The normalized spacial score (nSPS) is 15.1. The van der Waals surface area contributed by atoms with Gasteiger partial charge < -0.3 is 15.2 Å². The van der Waals surface area contributed by atoms with Crippen LogP contribution in [0.25, 0.3) is 0 Å². The first-order valence-corrected chi connectivity index (χ1v) is 12.2. The standard InChI is InChI=1S/C29H22BrN3O5/c1-37-28(35)24-23(17-9-5-3-6-10-17)21(16-31)27(32)33(25(24)29(36)38-2)22-14-13-19(30)15-20(22)26(34)18-11-7-4-8-12-18/h3-15,23H,32H2,1-2H3. The monoisotopic (exact) mass is 571 g/mol. The number of hydrogen-bond acceptors (Lipinski definition) is 8. The Kier molecular flexibility index (Phi) is 7.74. The number of methoxy groups -OCH3 is 2. The van der Waals surface area contributed by atoms with Crippen LogP contribution in [0.1, 0.15) is 27.4 Å². The van der Waals surface area contributed by atoms with Crippen molar-refractivity contribution in [2.75, 3.05) is 19.1 Å². The average Bonchev–Trinajstić information content (AvgIpc) is 2.96. The van der Waals surface area contributed by atoms with Gasteiger partial charge in [-0.05, 0) is 23.8 Å². The number of carbonyl (C=O) groups is 3. The van der Waals surface area contributed by atoms with Gasteiger partial charge in [0.05, 0.1) is 43.0 Å². The van der Waals surface area contributed by atoms with Crippen LogP contribution in [-0.4, -0.2) is 31.9 Å². The quantitative estimate of drug-likeness (QED) is 0.337. The smallest absolute Gasteiger partial charge is 0.355 e. The second-order valence-electron chi connectivity index (χ2n) is 8.19. The van der Waals surface area contributed by atoms with Crippen molar-refractivity contribution in [3.05, 3.63) is 123 Å². The third-order valence-electron chi connectivity index (χ3n) is 6.09. The lowest BCUT2D eigenvalue weighted by molar-refractivity contribution is -0.139. The molecule has 0 bridgehead atoms. The Balaban J connectivity index is 2.08. The first kappa shape index (κ1) is 26.4. The number of halogens is 1. The van der Waals surface area contributed by atoms with E-state index in [0.717, 1.165) is 7.11 Å². The van der Waals surface area contributed by atoms with E-state index in [1.165, 1.54) is 12.0 Å². The van der Waals surface area contributed by atoms with Crippen molar-refractivity contribution in [3.63, 3.8) is 0 Å². The molecule has 0 saturated carbocycles. The summed E-state index contributed by atoms with van der Waals surface area (Å²) in [4.78, 5) is 41.4. The maximum Gasteiger partial charge on any atom is 0.355 e. The Morgan fingerprint density at radius 3 is 2.11 bits per heavy atom. The Bertz CT molecular complexity index is 1520. The largest absolute Gasteiger partial charge is 0.466 e. The van der Waals surface area contributed by atoms with Gasteiger partial charge in [-0.3, -0.25) is 9.69 Å². The highest BCUT2D eigenvalue weighted by atomic mass is 79.9. The number of nitriles is 1. The highest BCUT2D eigenvalue weighted by Gasteiger charge is 2.43. The number of hydrogen-bond donors (Lipinski definition) is 1. The predicted octanol–water partition coefficient (Wildman–Crippen LogP) is 4.58. The van der Waals surface area contributed by atoms with Gasteiger partial charge in [0.1, 0.15) is 11.5 Å². The van der Waals surface area contributed by atoms with Crippen LogP contribution in [-0.2, 0) is 19.1 Å². The molecule has 8 nitrogen and oxygen atoms in total. The van der Waals surface area contributed by atoms with Gasteiger partial charge in [0, 0.05) is 15.6 Å². The number of anilines is 1. The summed E-state index contributed by atoms with van der Waals surface area (Å²) in [5.74, 6) is -3.24. The third-order valence-corrected chi connectivity index (χ3v) is 6.58. The second-order valence-corrected chi connectivity index (χ2v) is 9.11. The van der Waals surface area contributed by atoms with Crippen LogP contribution >= 0.6 is 15.9 Å². The zero-order chi connectivity index (χ0) is 27.4. The Hall–Kier alpha value is -4.68. The van der Waals surface area contributed by atoms with Crippen molar-refractivity contribution in [1.29, 1.82) is 5.26 Å². The van der Waals surface area contributed by atoms with E-state index in [0.29, 0.717) is 15.6 Å². The molecule has 2 N–H and O–H groups in total. The van der Waals surface area contributed by atoms with Crippen LogP contribution in [0.2, 0.25) is 0 Å². The van der Waals surface area contributed by atoms with Gasteiger partial charge in [-0.1, -0.05) is 76.6 Å². The molecule has 0 saturated heterocycles. The maximum absolute atomic E-state index is 13.6. The van der Waals surface area contributed by atoms with E-state index in [1.54, 1.807) is 78.9 Å². The first-order chi connectivity index (χ1) is 18.3. The Labute approximate surface area is 227 Å². The molecule has 0 aromatic heterocycles. The number of nitrogens with two attached hydrogens (primary N) is 1. The summed E-state index contributed by atoms with van der Waals surface area (Å²) in [5.41, 5.74) is 7.50. The molecule has 0 radical (unpaired) electrons. The first-order valence-electron chi connectivity index (χ1n) is 11.4. The molecule has 38 heavy (non-hydrogen) atoms. The molecule has 1 unspecified atom stereocenters. The van der Waals surface area contributed by atoms with Crippen LogP contribution in [0.3, 0.4) is 0 Å². The fourth-order valence-electron chi connectivity index (χ4n) is 4.39. The molecule has 1 atom stereocenters. The molecular weight excluding hydrogens is 550 g/mol. The van der Waals surface area contributed by atoms with Crippen LogP contribution < -0.4 is 10.6 Å². The SMILES string of the molecule is COC(=O)C1=C(C(=O)OC)N(c2ccc(Br)cc2C(=O)c2ccccc2)C(N)=C(C#N)C1c1ccccc1. The van der Waals surface area contributed by atoms with Crippen molar-refractivity contribution in [1.82, 2.24) is 0 Å². The molecule has 1 heterocycles. The van der Waals surface area contributed by atoms with Crippen LogP contribution in [0.15, 0.2) is 106 Å². The van der Waals surface area contributed by atoms with E-state index >= 15 is 0 Å². The van der Waals surface area contributed by atoms with E-state index in [-0.39, 0.29) is 39.7 Å². The summed E-state index contributed by atoms with van der Waals surface area (Å²) in [5, 5.41) is 10.2. The molecule has 0 aliphatic carbocycles. The summed E-state index contributed by atoms with van der Waals surface area (Å²) in [7, 11) is 2.34. The van der Waals surface area contributed by atoms with Crippen molar-refractivity contribution < 1.29 is 23.9 Å². The summed E-state index contributed by atoms with van der Waals surface area (Å²) in [6, 6.07) is 24.2. The molecule has 1 aliphatic heterocycles. The highest BCUT2D eigenvalue weighted by Crippen LogP contribution is 2.44. The highest BCUT2D eigenvalue weighted by molar-refractivity contribution is 9.10. The number of ether oxygens (including phenoxy) is 2. The average molecular weight is 572 g/mol. The van der Waals surface area contributed by atoms with Crippen LogP contribution in [0.5, 0.6) is 0 Å². The van der Waals surface area contributed by atoms with Crippen molar-refractivity contribution >= 4 is 39.3 Å². The molecular formula is C29H22BrN3O5. The topological polar surface area (TPSA) is 123 Å². The Morgan fingerprint density at radius 2 is 1.53 bits per heavy atom. The molecule has 0 amide bonds. The Morgan fingerprint density at radius 1 is 0.921 bits per heavy atom. The minimum absolute atomic E-state index is 0.00489. The van der Waals surface area contributed by atoms with E-state index in [1.807, 2.05) is 0 Å². The lowest BCUT2D eigenvalue weighted by Crippen LogP contribution is -2.41. The lowest BCUT2D eigenvalue weighted by Gasteiger charge is -2.36. The number of ketones is 1. The van der Waals surface area contributed by atoms with Crippen molar-refractivity contribution in [3.8, 4) is 6.07 Å². The van der Waals surface area contributed by atoms with E-state index in [9.17, 15) is 19.6 Å². The number of esters is 2. The molecule has 9 heteroatoms. The third kappa shape index (κ3) is 4.69. The van der Waals surface area contributed by atoms with E-state index in [2.05, 4.69) is 22.0 Å². The predicted molar refractivity (Wildman–Crippen MR) is 144 cm³/mol. The number of carbonyl (C=O) groups excluding carboxylic acids is 3. The maximum atomic E-state index is 13.6. The number of rotatable bonds is 6. The molecule has 0 spiro atoms. The van der Waals surface area contributed by atoms with Gasteiger partial charge >= 0.3 is 11.9 Å². The number of nitrogens with zero attached hydrogens (tertiary/aromatic N) is 2. The summed E-state index contributed by atoms with van der Waals surface area (Å²) in [6.07, 6.45) is 0. The van der Waals surface area contributed by atoms with Gasteiger partial charge in [0.2, 0.25) is 0 Å². The minimum atomic E-state index is -1.01.